The molecule has 0 saturated heterocycles. The zero-order valence-corrected chi connectivity index (χ0v) is 17.9. The Labute approximate surface area is 181 Å². The van der Waals surface area contributed by atoms with Crippen molar-refractivity contribution < 1.29 is 19.2 Å². The van der Waals surface area contributed by atoms with Crippen LogP contribution in [0.5, 0.6) is 0 Å². The van der Waals surface area contributed by atoms with E-state index in [0.29, 0.717) is 11.1 Å². The van der Waals surface area contributed by atoms with Crippen LogP contribution in [0.3, 0.4) is 0 Å². The lowest BCUT2D eigenvalue weighted by molar-refractivity contribution is -0.117. The molecule has 3 aromatic carbocycles. The Kier molecular flexibility index (Phi) is 6.71. The highest BCUT2D eigenvalue weighted by Crippen LogP contribution is 2.33. The summed E-state index contributed by atoms with van der Waals surface area (Å²) >= 11 is 0. The average molecular weight is 412 g/mol. The fourth-order valence-electron chi connectivity index (χ4n) is 3.48. The molecule has 3 rings (SSSR count). The smallest absolute Gasteiger partial charge is 0.170 e. The molecule has 0 spiro atoms. The fraction of sp³-hybridized carbons (Fsp3) is 0.185. The van der Waals surface area contributed by atoms with Gasteiger partial charge in [0.1, 0.15) is 11.6 Å². The van der Waals surface area contributed by atoms with Crippen molar-refractivity contribution in [3.05, 3.63) is 83.4 Å². The van der Waals surface area contributed by atoms with Gasteiger partial charge in [-0.1, -0.05) is 72.3 Å². The first kappa shape index (κ1) is 22.0. The lowest BCUT2D eigenvalue weighted by Crippen LogP contribution is -2.04. The molecule has 0 heterocycles. The lowest BCUT2D eigenvalue weighted by atomic mass is 9.91. The molecule has 0 aliphatic carbocycles. The van der Waals surface area contributed by atoms with Gasteiger partial charge in [0.15, 0.2) is 11.6 Å². The summed E-state index contributed by atoms with van der Waals surface area (Å²) in [6, 6.07) is 20.7. The van der Waals surface area contributed by atoms with Crippen molar-refractivity contribution in [2.24, 2.45) is 0 Å². The van der Waals surface area contributed by atoms with E-state index in [-0.39, 0.29) is 36.0 Å². The summed E-state index contributed by atoms with van der Waals surface area (Å²) in [4.78, 5) is 46.7. The van der Waals surface area contributed by atoms with Gasteiger partial charge >= 0.3 is 0 Å². The second-order valence-electron chi connectivity index (χ2n) is 7.81. The molecule has 0 amide bonds. The van der Waals surface area contributed by atoms with Crippen LogP contribution in [0.15, 0.2) is 66.7 Å². The molecule has 0 atom stereocenters. The first-order chi connectivity index (χ1) is 14.7. The van der Waals surface area contributed by atoms with Gasteiger partial charge in [0, 0.05) is 11.1 Å². The molecule has 0 aliphatic rings. The molecule has 3 aromatic rings. The van der Waals surface area contributed by atoms with E-state index in [1.165, 1.54) is 13.8 Å². The molecule has 0 fully saturated rings. The molecule has 0 saturated carbocycles. The highest BCUT2D eigenvalue weighted by molar-refractivity contribution is 6.08. The Hall–Kier alpha value is -3.66. The van der Waals surface area contributed by atoms with Gasteiger partial charge in [-0.25, -0.2) is 0 Å². The molecule has 156 valence electrons. The molecule has 0 N–H and O–H groups in total. The Morgan fingerprint density at radius 1 is 0.581 bits per heavy atom. The zero-order valence-electron chi connectivity index (χ0n) is 17.9. The standard InChI is InChI=1S/C27H24O4/c1-17-4-13-24(20-5-9-22(10-6-20)26(30)15-18(2)28)25(14-17)21-7-11-23(12-8-21)27(31)16-19(3)29/h4-14H,15-16H2,1-3H3. The summed E-state index contributed by atoms with van der Waals surface area (Å²) in [5.41, 5.74) is 6.04. The van der Waals surface area contributed by atoms with Crippen LogP contribution < -0.4 is 0 Å². The van der Waals surface area contributed by atoms with Gasteiger partial charge in [0.2, 0.25) is 0 Å². The van der Waals surface area contributed by atoms with Crippen molar-refractivity contribution in [1.29, 1.82) is 0 Å². The monoisotopic (exact) mass is 412 g/mol. The van der Waals surface area contributed by atoms with E-state index >= 15 is 0 Å². The number of ketones is 4. The summed E-state index contributed by atoms with van der Waals surface area (Å²) < 4.78 is 0. The minimum atomic E-state index is -0.186. The van der Waals surface area contributed by atoms with Crippen LogP contribution >= 0.6 is 0 Å². The highest BCUT2D eigenvalue weighted by atomic mass is 16.2. The third kappa shape index (κ3) is 5.48. The fourth-order valence-corrected chi connectivity index (χ4v) is 3.48. The number of hydrogen-bond donors (Lipinski definition) is 0. The minimum Gasteiger partial charge on any atom is -0.300 e. The topological polar surface area (TPSA) is 68.3 Å². The minimum absolute atomic E-state index is 0.0934. The summed E-state index contributed by atoms with van der Waals surface area (Å²) in [5.74, 6) is -0.677. The van der Waals surface area contributed by atoms with Crippen molar-refractivity contribution in [3.63, 3.8) is 0 Å². The first-order valence-electron chi connectivity index (χ1n) is 10.1. The Balaban J connectivity index is 1.94. The molecule has 0 aromatic heterocycles. The van der Waals surface area contributed by atoms with Gasteiger partial charge in [-0.2, -0.15) is 0 Å². The normalized spacial score (nSPS) is 10.5. The molecule has 0 unspecified atom stereocenters. The average Bonchev–Trinajstić information content (AvgIpc) is 2.73. The van der Waals surface area contributed by atoms with Crippen LogP contribution in [-0.2, 0) is 9.59 Å². The van der Waals surface area contributed by atoms with E-state index in [1.54, 1.807) is 24.3 Å². The van der Waals surface area contributed by atoms with Crippen LogP contribution in [0.25, 0.3) is 22.3 Å². The van der Waals surface area contributed by atoms with E-state index in [4.69, 9.17) is 0 Å². The van der Waals surface area contributed by atoms with E-state index < -0.39 is 0 Å². The lowest BCUT2D eigenvalue weighted by Gasteiger charge is -2.13. The number of rotatable bonds is 8. The maximum Gasteiger partial charge on any atom is 0.170 e. The highest BCUT2D eigenvalue weighted by Gasteiger charge is 2.13. The van der Waals surface area contributed by atoms with Crippen molar-refractivity contribution in [3.8, 4) is 22.3 Å². The molecule has 31 heavy (non-hydrogen) atoms. The predicted molar refractivity (Wildman–Crippen MR) is 121 cm³/mol. The van der Waals surface area contributed by atoms with Crippen molar-refractivity contribution in [2.45, 2.75) is 33.6 Å². The van der Waals surface area contributed by atoms with Crippen molar-refractivity contribution in [1.82, 2.24) is 0 Å². The number of carbonyl (C=O) groups excluding carboxylic acids is 4. The predicted octanol–water partition coefficient (Wildman–Crippen LogP) is 5.65. The van der Waals surface area contributed by atoms with Gasteiger partial charge in [0.25, 0.3) is 0 Å². The number of aryl methyl sites for hydroxylation is 1. The maximum atomic E-state index is 12.1. The summed E-state index contributed by atoms with van der Waals surface area (Å²) in [6.07, 6.45) is -0.187. The summed E-state index contributed by atoms with van der Waals surface area (Å²) in [6.45, 7) is 4.83. The molecule has 0 aliphatic heterocycles. The van der Waals surface area contributed by atoms with Gasteiger partial charge < -0.3 is 0 Å². The van der Waals surface area contributed by atoms with E-state index in [1.807, 2.05) is 43.3 Å². The second-order valence-corrected chi connectivity index (χ2v) is 7.81. The van der Waals surface area contributed by atoms with Crippen molar-refractivity contribution in [2.75, 3.05) is 0 Å². The quantitative estimate of drug-likeness (QED) is 0.354. The van der Waals surface area contributed by atoms with Gasteiger partial charge in [0.05, 0.1) is 12.8 Å². The van der Waals surface area contributed by atoms with Crippen LogP contribution in [0.4, 0.5) is 0 Å². The Morgan fingerprint density at radius 2 is 1.00 bits per heavy atom. The maximum absolute atomic E-state index is 12.1. The molecule has 0 radical (unpaired) electrons. The summed E-state index contributed by atoms with van der Waals surface area (Å²) in [7, 11) is 0. The largest absolute Gasteiger partial charge is 0.300 e. The SMILES string of the molecule is CC(=O)CC(=O)c1ccc(-c2ccc(C)cc2-c2ccc(C(=O)CC(C)=O)cc2)cc1. The van der Waals surface area contributed by atoms with Gasteiger partial charge in [-0.05, 0) is 43.0 Å². The molecule has 0 bridgehead atoms. The first-order valence-corrected chi connectivity index (χ1v) is 10.1. The van der Waals surface area contributed by atoms with Crippen LogP contribution in [0, 0.1) is 6.92 Å². The molecular weight excluding hydrogens is 388 g/mol. The van der Waals surface area contributed by atoms with Crippen LogP contribution in [-0.4, -0.2) is 23.1 Å². The molecule has 4 heteroatoms. The summed E-state index contributed by atoms with van der Waals surface area (Å²) in [5, 5.41) is 0. The van der Waals surface area contributed by atoms with Crippen LogP contribution in [0.2, 0.25) is 0 Å². The molecular formula is C27H24O4. The van der Waals surface area contributed by atoms with E-state index in [0.717, 1.165) is 27.8 Å². The number of carbonyl (C=O) groups is 4. The third-order valence-corrected chi connectivity index (χ3v) is 5.03. The van der Waals surface area contributed by atoms with E-state index in [2.05, 4.69) is 6.07 Å². The molecule has 4 nitrogen and oxygen atoms in total. The van der Waals surface area contributed by atoms with Crippen molar-refractivity contribution >= 4 is 23.1 Å². The number of hydrogen-bond acceptors (Lipinski definition) is 4. The second kappa shape index (κ2) is 9.43. The van der Waals surface area contributed by atoms with Gasteiger partial charge in [-0.3, -0.25) is 19.2 Å². The van der Waals surface area contributed by atoms with E-state index in [9.17, 15) is 19.2 Å². The zero-order chi connectivity index (χ0) is 22.5. The Morgan fingerprint density at radius 3 is 1.42 bits per heavy atom. The van der Waals surface area contributed by atoms with Gasteiger partial charge in [-0.15, -0.1) is 0 Å². The van der Waals surface area contributed by atoms with Crippen LogP contribution in [0.1, 0.15) is 53.0 Å². The Bertz CT molecular complexity index is 1150. The third-order valence-electron chi connectivity index (χ3n) is 5.03. The number of Topliss-reactive ketones (excluding diaryl/α,β-unsaturated/α-hetero) is 4. The number of benzene rings is 3.